The lowest BCUT2D eigenvalue weighted by molar-refractivity contribution is -0.0162. The molecular formula is C18H26O3. The monoisotopic (exact) mass is 290 g/mol. The van der Waals surface area contributed by atoms with Crippen molar-refractivity contribution < 1.29 is 14.6 Å². The van der Waals surface area contributed by atoms with Crippen LogP contribution in [0.3, 0.4) is 0 Å². The van der Waals surface area contributed by atoms with Gasteiger partial charge < -0.3 is 14.6 Å². The van der Waals surface area contributed by atoms with Gasteiger partial charge in [-0.05, 0) is 49.7 Å². The Morgan fingerprint density at radius 3 is 2.90 bits per heavy atom. The first-order valence-corrected chi connectivity index (χ1v) is 8.32. The SMILES string of the molecule is OC(CCC1CCCCO1)CC1OCCc2ccccc21. The molecule has 1 fully saturated rings. The lowest BCUT2D eigenvalue weighted by atomic mass is 9.92. The van der Waals surface area contributed by atoms with Gasteiger partial charge >= 0.3 is 0 Å². The largest absolute Gasteiger partial charge is 0.393 e. The lowest BCUT2D eigenvalue weighted by Gasteiger charge is -2.28. The van der Waals surface area contributed by atoms with Crippen LogP contribution in [0, 0.1) is 0 Å². The number of aliphatic hydroxyl groups is 1. The Labute approximate surface area is 127 Å². The van der Waals surface area contributed by atoms with Crippen molar-refractivity contribution in [1.82, 2.24) is 0 Å². The zero-order valence-corrected chi connectivity index (χ0v) is 12.7. The van der Waals surface area contributed by atoms with Gasteiger partial charge in [0.2, 0.25) is 0 Å². The maximum Gasteiger partial charge on any atom is 0.0852 e. The Bertz CT molecular complexity index is 440. The number of rotatable bonds is 5. The van der Waals surface area contributed by atoms with E-state index in [-0.39, 0.29) is 12.2 Å². The third kappa shape index (κ3) is 4.06. The maximum atomic E-state index is 10.3. The van der Waals surface area contributed by atoms with Crippen LogP contribution >= 0.6 is 0 Å². The van der Waals surface area contributed by atoms with Gasteiger partial charge in [0.1, 0.15) is 0 Å². The molecule has 1 N–H and O–H groups in total. The van der Waals surface area contributed by atoms with Crippen LogP contribution < -0.4 is 0 Å². The summed E-state index contributed by atoms with van der Waals surface area (Å²) in [7, 11) is 0. The number of fused-ring (bicyclic) bond motifs is 1. The molecule has 1 aromatic rings. The lowest BCUT2D eigenvalue weighted by Crippen LogP contribution is -2.24. The van der Waals surface area contributed by atoms with Crippen molar-refractivity contribution >= 4 is 0 Å². The van der Waals surface area contributed by atoms with E-state index in [0.29, 0.717) is 12.5 Å². The topological polar surface area (TPSA) is 38.7 Å². The summed E-state index contributed by atoms with van der Waals surface area (Å²) in [6, 6.07) is 8.45. The smallest absolute Gasteiger partial charge is 0.0852 e. The van der Waals surface area contributed by atoms with E-state index in [2.05, 4.69) is 24.3 Å². The first-order chi connectivity index (χ1) is 10.3. The molecule has 116 valence electrons. The van der Waals surface area contributed by atoms with Crippen LogP contribution in [0.2, 0.25) is 0 Å². The number of benzene rings is 1. The van der Waals surface area contributed by atoms with Crippen molar-refractivity contribution in [1.29, 1.82) is 0 Å². The predicted molar refractivity (Wildman–Crippen MR) is 82.3 cm³/mol. The predicted octanol–water partition coefficient (Wildman–Crippen LogP) is 3.40. The average molecular weight is 290 g/mol. The van der Waals surface area contributed by atoms with Crippen molar-refractivity contribution in [2.75, 3.05) is 13.2 Å². The molecule has 3 nitrogen and oxygen atoms in total. The minimum atomic E-state index is -0.299. The van der Waals surface area contributed by atoms with Crippen molar-refractivity contribution in [3.8, 4) is 0 Å². The van der Waals surface area contributed by atoms with Gasteiger partial charge in [0, 0.05) is 13.0 Å². The van der Waals surface area contributed by atoms with Gasteiger partial charge in [-0.25, -0.2) is 0 Å². The molecule has 2 heterocycles. The first kappa shape index (κ1) is 15.0. The van der Waals surface area contributed by atoms with Crippen LogP contribution in [0.5, 0.6) is 0 Å². The first-order valence-electron chi connectivity index (χ1n) is 8.32. The van der Waals surface area contributed by atoms with E-state index in [1.807, 2.05) is 0 Å². The minimum absolute atomic E-state index is 0.0530. The molecule has 2 aliphatic rings. The van der Waals surface area contributed by atoms with Gasteiger partial charge in [-0.1, -0.05) is 24.3 Å². The van der Waals surface area contributed by atoms with Crippen LogP contribution in [0.1, 0.15) is 55.8 Å². The molecule has 0 spiro atoms. The summed E-state index contributed by atoms with van der Waals surface area (Å²) in [6.45, 7) is 1.65. The fourth-order valence-electron chi connectivity index (χ4n) is 3.45. The number of aliphatic hydroxyl groups excluding tert-OH is 1. The molecule has 0 saturated carbocycles. The van der Waals surface area contributed by atoms with E-state index in [1.165, 1.54) is 24.0 Å². The molecule has 3 heteroatoms. The third-order valence-electron chi connectivity index (χ3n) is 4.67. The highest BCUT2D eigenvalue weighted by Gasteiger charge is 2.24. The zero-order valence-electron chi connectivity index (χ0n) is 12.7. The molecule has 1 aromatic carbocycles. The quantitative estimate of drug-likeness (QED) is 0.903. The molecule has 0 amide bonds. The number of hydrogen-bond donors (Lipinski definition) is 1. The molecular weight excluding hydrogens is 264 g/mol. The normalized spacial score (nSPS) is 27.1. The summed E-state index contributed by atoms with van der Waals surface area (Å²) in [5, 5.41) is 10.3. The molecule has 0 radical (unpaired) electrons. The van der Waals surface area contributed by atoms with E-state index < -0.39 is 0 Å². The van der Waals surface area contributed by atoms with Crippen LogP contribution in [-0.2, 0) is 15.9 Å². The van der Waals surface area contributed by atoms with Crippen LogP contribution in [0.25, 0.3) is 0 Å². The van der Waals surface area contributed by atoms with E-state index in [0.717, 1.165) is 38.9 Å². The Kier molecular flexibility index (Phi) is 5.28. The molecule has 0 aromatic heterocycles. The van der Waals surface area contributed by atoms with Crippen molar-refractivity contribution in [3.05, 3.63) is 35.4 Å². The standard InChI is InChI=1S/C18H26O3/c19-15(8-9-16-6-3-4-11-20-16)13-18-17-7-2-1-5-14(17)10-12-21-18/h1-2,5,7,15-16,18-19H,3-4,6,8-13H2. The second-order valence-electron chi connectivity index (χ2n) is 6.26. The van der Waals surface area contributed by atoms with Gasteiger partial charge in [-0.3, -0.25) is 0 Å². The second-order valence-corrected chi connectivity index (χ2v) is 6.26. The third-order valence-corrected chi connectivity index (χ3v) is 4.67. The highest BCUT2D eigenvalue weighted by Crippen LogP contribution is 2.31. The summed E-state index contributed by atoms with van der Waals surface area (Å²) in [5.74, 6) is 0. The van der Waals surface area contributed by atoms with Crippen molar-refractivity contribution in [2.45, 2.75) is 63.3 Å². The second kappa shape index (κ2) is 7.39. The molecule has 0 aliphatic carbocycles. The number of hydrogen-bond acceptors (Lipinski definition) is 3. The molecule has 1 saturated heterocycles. The summed E-state index contributed by atoms with van der Waals surface area (Å²) in [6.07, 6.45) is 7.17. The van der Waals surface area contributed by atoms with Gasteiger partial charge in [-0.2, -0.15) is 0 Å². The van der Waals surface area contributed by atoms with Gasteiger partial charge in [0.25, 0.3) is 0 Å². The summed E-state index contributed by atoms with van der Waals surface area (Å²) < 4.78 is 11.6. The fraction of sp³-hybridized carbons (Fsp3) is 0.667. The van der Waals surface area contributed by atoms with Gasteiger partial charge in [0.15, 0.2) is 0 Å². The van der Waals surface area contributed by atoms with E-state index in [4.69, 9.17) is 9.47 Å². The molecule has 2 aliphatic heterocycles. The molecule has 21 heavy (non-hydrogen) atoms. The van der Waals surface area contributed by atoms with Crippen molar-refractivity contribution in [2.24, 2.45) is 0 Å². The Hall–Kier alpha value is -0.900. The Balaban J connectivity index is 1.49. The maximum absolute atomic E-state index is 10.3. The van der Waals surface area contributed by atoms with Crippen LogP contribution in [-0.4, -0.2) is 30.5 Å². The highest BCUT2D eigenvalue weighted by molar-refractivity contribution is 5.30. The molecule has 3 atom stereocenters. The Morgan fingerprint density at radius 1 is 1.14 bits per heavy atom. The minimum Gasteiger partial charge on any atom is -0.393 e. The van der Waals surface area contributed by atoms with Crippen LogP contribution in [0.15, 0.2) is 24.3 Å². The van der Waals surface area contributed by atoms with E-state index in [1.54, 1.807) is 0 Å². The van der Waals surface area contributed by atoms with Gasteiger partial charge in [0.05, 0.1) is 24.9 Å². The van der Waals surface area contributed by atoms with Crippen LogP contribution in [0.4, 0.5) is 0 Å². The zero-order chi connectivity index (χ0) is 14.5. The van der Waals surface area contributed by atoms with E-state index in [9.17, 15) is 5.11 Å². The van der Waals surface area contributed by atoms with Crippen molar-refractivity contribution in [3.63, 3.8) is 0 Å². The molecule has 3 unspecified atom stereocenters. The molecule has 3 rings (SSSR count). The summed E-state index contributed by atoms with van der Waals surface area (Å²) in [4.78, 5) is 0. The fourth-order valence-corrected chi connectivity index (χ4v) is 3.45. The molecule has 0 bridgehead atoms. The number of ether oxygens (including phenoxy) is 2. The highest BCUT2D eigenvalue weighted by atomic mass is 16.5. The average Bonchev–Trinajstić information content (AvgIpc) is 2.54. The summed E-state index contributed by atoms with van der Waals surface area (Å²) in [5.41, 5.74) is 2.63. The van der Waals surface area contributed by atoms with Gasteiger partial charge in [-0.15, -0.1) is 0 Å². The van der Waals surface area contributed by atoms with E-state index >= 15 is 0 Å². The Morgan fingerprint density at radius 2 is 2.05 bits per heavy atom. The summed E-state index contributed by atoms with van der Waals surface area (Å²) >= 11 is 0.